The van der Waals surface area contributed by atoms with Crippen LogP contribution in [0.2, 0.25) is 0 Å². The molecule has 2 atom stereocenters. The van der Waals surface area contributed by atoms with Crippen molar-refractivity contribution in [1.29, 1.82) is 0 Å². The maximum atomic E-state index is 12.2. The van der Waals surface area contributed by atoms with Crippen LogP contribution in [0, 0.1) is 19.8 Å². The van der Waals surface area contributed by atoms with Gasteiger partial charge in [-0.2, -0.15) is 5.10 Å². The molecule has 1 aromatic rings. The molecule has 2 unspecified atom stereocenters. The second-order valence-corrected chi connectivity index (χ2v) is 5.46. The average Bonchev–Trinajstić information content (AvgIpc) is 2.87. The van der Waals surface area contributed by atoms with Crippen molar-refractivity contribution in [3.05, 3.63) is 23.5 Å². The SMILES string of the molecule is Cc1nn(C(C)C)c(C)c1NC(=O)C1C=CC(N)C1. The van der Waals surface area contributed by atoms with Gasteiger partial charge in [0.1, 0.15) is 0 Å². The van der Waals surface area contributed by atoms with Crippen LogP contribution in [0.4, 0.5) is 5.69 Å². The van der Waals surface area contributed by atoms with Crippen molar-refractivity contribution in [2.24, 2.45) is 11.7 Å². The van der Waals surface area contributed by atoms with Gasteiger partial charge < -0.3 is 11.1 Å². The lowest BCUT2D eigenvalue weighted by Crippen LogP contribution is -2.24. The van der Waals surface area contributed by atoms with Crippen LogP contribution in [0.15, 0.2) is 12.2 Å². The number of anilines is 1. The van der Waals surface area contributed by atoms with Crippen LogP contribution in [0.3, 0.4) is 0 Å². The van der Waals surface area contributed by atoms with Crippen LogP contribution in [0.25, 0.3) is 0 Å². The molecule has 1 aromatic heterocycles. The zero-order chi connectivity index (χ0) is 14.2. The minimum atomic E-state index is -0.129. The van der Waals surface area contributed by atoms with E-state index in [1.54, 1.807) is 0 Å². The number of rotatable bonds is 3. The number of nitrogens with two attached hydrogens (primary N) is 1. The molecule has 1 heterocycles. The molecule has 0 aromatic carbocycles. The van der Waals surface area contributed by atoms with E-state index in [4.69, 9.17) is 5.73 Å². The van der Waals surface area contributed by atoms with E-state index < -0.39 is 0 Å². The molecule has 0 radical (unpaired) electrons. The van der Waals surface area contributed by atoms with Crippen molar-refractivity contribution in [1.82, 2.24) is 9.78 Å². The van der Waals surface area contributed by atoms with E-state index in [-0.39, 0.29) is 23.9 Å². The summed E-state index contributed by atoms with van der Waals surface area (Å²) < 4.78 is 1.93. The van der Waals surface area contributed by atoms with Gasteiger partial charge in [-0.25, -0.2) is 0 Å². The van der Waals surface area contributed by atoms with Crippen molar-refractivity contribution < 1.29 is 4.79 Å². The van der Waals surface area contributed by atoms with E-state index in [2.05, 4.69) is 24.3 Å². The summed E-state index contributed by atoms with van der Waals surface area (Å²) in [5.41, 5.74) is 8.45. The fourth-order valence-corrected chi connectivity index (χ4v) is 2.48. The minimum Gasteiger partial charge on any atom is -0.324 e. The van der Waals surface area contributed by atoms with Crippen LogP contribution in [0.5, 0.6) is 0 Å². The lowest BCUT2D eigenvalue weighted by molar-refractivity contribution is -0.118. The maximum absolute atomic E-state index is 12.2. The molecule has 1 aliphatic carbocycles. The number of carbonyl (C=O) groups is 1. The van der Waals surface area contributed by atoms with E-state index >= 15 is 0 Å². The zero-order valence-corrected chi connectivity index (χ0v) is 12.0. The molecule has 0 spiro atoms. The van der Waals surface area contributed by atoms with Gasteiger partial charge in [0, 0.05) is 12.1 Å². The van der Waals surface area contributed by atoms with Gasteiger partial charge in [0.05, 0.1) is 23.0 Å². The normalized spacial score (nSPS) is 22.2. The van der Waals surface area contributed by atoms with Gasteiger partial charge in [-0.15, -0.1) is 0 Å². The monoisotopic (exact) mass is 262 g/mol. The molecule has 0 fully saturated rings. The second-order valence-electron chi connectivity index (χ2n) is 5.46. The summed E-state index contributed by atoms with van der Waals surface area (Å²) in [6, 6.07) is 0.278. The van der Waals surface area contributed by atoms with Gasteiger partial charge in [0.25, 0.3) is 0 Å². The third kappa shape index (κ3) is 2.71. The molecule has 3 N–H and O–H groups in total. The van der Waals surface area contributed by atoms with Gasteiger partial charge in [-0.3, -0.25) is 9.48 Å². The Kier molecular flexibility index (Phi) is 3.75. The Morgan fingerprint density at radius 1 is 1.47 bits per heavy atom. The molecule has 0 aliphatic heterocycles. The molecule has 104 valence electrons. The second kappa shape index (κ2) is 5.17. The number of nitrogens with zero attached hydrogens (tertiary/aromatic N) is 2. The van der Waals surface area contributed by atoms with Crippen LogP contribution in [0.1, 0.15) is 37.7 Å². The van der Waals surface area contributed by atoms with Crippen molar-refractivity contribution in [3.63, 3.8) is 0 Å². The Labute approximate surface area is 113 Å². The summed E-state index contributed by atoms with van der Waals surface area (Å²) in [4.78, 5) is 12.2. The van der Waals surface area contributed by atoms with Gasteiger partial charge in [0.2, 0.25) is 5.91 Å². The Hall–Kier alpha value is -1.62. The molecule has 19 heavy (non-hydrogen) atoms. The van der Waals surface area contributed by atoms with Gasteiger partial charge in [-0.05, 0) is 34.1 Å². The average molecular weight is 262 g/mol. The Morgan fingerprint density at radius 2 is 2.16 bits per heavy atom. The number of hydrogen-bond donors (Lipinski definition) is 2. The van der Waals surface area contributed by atoms with Crippen molar-refractivity contribution in [2.45, 2.75) is 46.2 Å². The van der Waals surface area contributed by atoms with E-state index in [1.807, 2.05) is 30.7 Å². The highest BCUT2D eigenvalue weighted by Crippen LogP contribution is 2.25. The summed E-state index contributed by atoms with van der Waals surface area (Å²) >= 11 is 0. The van der Waals surface area contributed by atoms with Gasteiger partial charge in [0.15, 0.2) is 0 Å². The van der Waals surface area contributed by atoms with E-state index in [9.17, 15) is 4.79 Å². The summed E-state index contributed by atoms with van der Waals surface area (Å²) in [7, 11) is 0. The molecule has 2 rings (SSSR count). The molecular weight excluding hydrogens is 240 g/mol. The lowest BCUT2D eigenvalue weighted by atomic mass is 10.1. The highest BCUT2D eigenvalue weighted by molar-refractivity contribution is 5.95. The lowest BCUT2D eigenvalue weighted by Gasteiger charge is -2.12. The Morgan fingerprint density at radius 3 is 2.63 bits per heavy atom. The first-order chi connectivity index (χ1) is 8.90. The predicted molar refractivity (Wildman–Crippen MR) is 75.9 cm³/mol. The van der Waals surface area contributed by atoms with Crippen molar-refractivity contribution >= 4 is 11.6 Å². The first-order valence-electron chi connectivity index (χ1n) is 6.70. The number of aromatic nitrogens is 2. The van der Waals surface area contributed by atoms with Gasteiger partial charge >= 0.3 is 0 Å². The maximum Gasteiger partial charge on any atom is 0.231 e. The number of aryl methyl sites for hydroxylation is 1. The summed E-state index contributed by atoms with van der Waals surface area (Å²) in [5.74, 6) is -0.130. The molecule has 5 heteroatoms. The largest absolute Gasteiger partial charge is 0.324 e. The quantitative estimate of drug-likeness (QED) is 0.817. The van der Waals surface area contributed by atoms with Gasteiger partial charge in [-0.1, -0.05) is 12.2 Å². The fraction of sp³-hybridized carbons (Fsp3) is 0.571. The zero-order valence-electron chi connectivity index (χ0n) is 12.0. The number of nitrogens with one attached hydrogen (secondary N) is 1. The fourth-order valence-electron chi connectivity index (χ4n) is 2.48. The summed E-state index contributed by atoms with van der Waals surface area (Å²) in [6.45, 7) is 8.04. The topological polar surface area (TPSA) is 72.9 Å². The predicted octanol–water partition coefficient (Wildman–Crippen LogP) is 1.92. The molecule has 0 saturated carbocycles. The Balaban J connectivity index is 2.15. The van der Waals surface area contributed by atoms with Crippen LogP contribution in [-0.4, -0.2) is 21.7 Å². The van der Waals surface area contributed by atoms with E-state index in [0.29, 0.717) is 6.42 Å². The number of carbonyl (C=O) groups excluding carboxylic acids is 1. The minimum absolute atomic E-state index is 0.00120. The van der Waals surface area contributed by atoms with Crippen molar-refractivity contribution in [3.8, 4) is 0 Å². The Bertz CT molecular complexity index is 516. The standard InChI is InChI=1S/C14H22N4O/c1-8(2)18-10(4)13(9(3)17-18)16-14(19)11-5-6-12(15)7-11/h5-6,8,11-12H,7,15H2,1-4H3,(H,16,19). The number of hydrogen-bond acceptors (Lipinski definition) is 3. The van der Waals surface area contributed by atoms with Crippen molar-refractivity contribution in [2.75, 3.05) is 5.32 Å². The molecule has 0 bridgehead atoms. The molecule has 5 nitrogen and oxygen atoms in total. The highest BCUT2D eigenvalue weighted by atomic mass is 16.1. The first kappa shape index (κ1) is 13.8. The molecule has 1 amide bonds. The first-order valence-corrected chi connectivity index (χ1v) is 6.70. The summed E-state index contributed by atoms with van der Waals surface area (Å²) in [5, 5.41) is 7.45. The van der Waals surface area contributed by atoms with E-state index in [1.165, 1.54) is 0 Å². The van der Waals surface area contributed by atoms with Crippen LogP contribution < -0.4 is 11.1 Å². The van der Waals surface area contributed by atoms with E-state index in [0.717, 1.165) is 17.1 Å². The smallest absolute Gasteiger partial charge is 0.231 e. The van der Waals surface area contributed by atoms with Crippen LogP contribution >= 0.6 is 0 Å². The highest BCUT2D eigenvalue weighted by Gasteiger charge is 2.24. The molecule has 0 saturated heterocycles. The molecular formula is C14H22N4O. The van der Waals surface area contributed by atoms with Crippen LogP contribution in [-0.2, 0) is 4.79 Å². The number of amides is 1. The summed E-state index contributed by atoms with van der Waals surface area (Å²) in [6.07, 6.45) is 4.46. The molecule has 1 aliphatic rings. The third-order valence-corrected chi connectivity index (χ3v) is 3.52. The third-order valence-electron chi connectivity index (χ3n) is 3.52.